The van der Waals surface area contributed by atoms with Gasteiger partial charge in [0.05, 0.1) is 5.56 Å². The maximum absolute atomic E-state index is 12.4. The molecule has 4 heteroatoms. The highest BCUT2D eigenvalue weighted by Gasteiger charge is 2.40. The fourth-order valence-corrected chi connectivity index (χ4v) is 2.33. The lowest BCUT2D eigenvalue weighted by Crippen LogP contribution is -2.58. The molecule has 0 spiro atoms. The molecule has 2 aromatic rings. The molecule has 2 aromatic heterocycles. The molecule has 0 aliphatic carbocycles. The van der Waals surface area contributed by atoms with E-state index in [2.05, 4.69) is 23.8 Å². The van der Waals surface area contributed by atoms with Crippen LogP contribution < -0.4 is 0 Å². The molecule has 0 unspecified atom stereocenters. The number of nitrogens with zero attached hydrogens (tertiary/aromatic N) is 2. The predicted octanol–water partition coefficient (Wildman–Crippen LogP) is 2.19. The van der Waals surface area contributed by atoms with E-state index in [0.717, 1.165) is 29.6 Å². The maximum Gasteiger partial charge on any atom is 0.256 e. The molecule has 1 aliphatic heterocycles. The highest BCUT2D eigenvalue weighted by Crippen LogP contribution is 2.32. The van der Waals surface area contributed by atoms with Crippen LogP contribution in [0.5, 0.6) is 0 Å². The van der Waals surface area contributed by atoms with Crippen LogP contribution in [-0.2, 0) is 0 Å². The molecule has 1 fully saturated rings. The van der Waals surface area contributed by atoms with Gasteiger partial charge < -0.3 is 9.88 Å². The molecule has 0 saturated carbocycles. The number of H-pyrrole nitrogens is 1. The van der Waals surface area contributed by atoms with Gasteiger partial charge in [0.25, 0.3) is 5.91 Å². The van der Waals surface area contributed by atoms with Crippen LogP contribution >= 0.6 is 0 Å². The Labute approximate surface area is 99.6 Å². The number of hydrogen-bond acceptors (Lipinski definition) is 2. The number of carbonyl (C=O) groups is 1. The number of pyridine rings is 1. The number of rotatable bonds is 1. The second-order valence-electron chi connectivity index (χ2n) is 5.12. The summed E-state index contributed by atoms with van der Waals surface area (Å²) in [5, 5.41) is 0.903. The first-order valence-corrected chi connectivity index (χ1v) is 5.84. The van der Waals surface area contributed by atoms with Crippen molar-refractivity contribution in [3.05, 3.63) is 30.1 Å². The summed E-state index contributed by atoms with van der Waals surface area (Å²) in [6.07, 6.45) is 4.55. The lowest BCUT2D eigenvalue weighted by atomic mass is 9.88. The average Bonchev–Trinajstić information content (AvgIpc) is 2.71. The van der Waals surface area contributed by atoms with Crippen LogP contribution in [0.25, 0.3) is 11.0 Å². The van der Waals surface area contributed by atoms with Crippen LogP contribution in [0.3, 0.4) is 0 Å². The van der Waals surface area contributed by atoms with Crippen LogP contribution in [0.1, 0.15) is 30.6 Å². The van der Waals surface area contributed by atoms with Crippen LogP contribution in [0.2, 0.25) is 0 Å². The summed E-state index contributed by atoms with van der Waals surface area (Å²) < 4.78 is 0. The van der Waals surface area contributed by atoms with E-state index in [-0.39, 0.29) is 11.4 Å². The van der Waals surface area contributed by atoms with Crippen molar-refractivity contribution >= 4 is 16.9 Å². The van der Waals surface area contributed by atoms with Crippen molar-refractivity contribution in [1.82, 2.24) is 14.9 Å². The third-order valence-corrected chi connectivity index (χ3v) is 3.60. The third-order valence-electron chi connectivity index (χ3n) is 3.60. The summed E-state index contributed by atoms with van der Waals surface area (Å²) in [4.78, 5) is 21.6. The van der Waals surface area contributed by atoms with E-state index < -0.39 is 0 Å². The molecular weight excluding hydrogens is 214 g/mol. The number of aromatic amines is 1. The van der Waals surface area contributed by atoms with E-state index in [1.807, 2.05) is 17.0 Å². The Balaban J connectivity index is 2.02. The van der Waals surface area contributed by atoms with E-state index >= 15 is 0 Å². The summed E-state index contributed by atoms with van der Waals surface area (Å²) >= 11 is 0. The van der Waals surface area contributed by atoms with E-state index in [1.54, 1.807) is 12.4 Å². The largest absolute Gasteiger partial charge is 0.345 e. The SMILES string of the molecule is CC1(C)CCN1C(=O)c1c[nH]c2ncccc12. The Morgan fingerprint density at radius 3 is 3.00 bits per heavy atom. The number of aromatic nitrogens is 2. The van der Waals surface area contributed by atoms with E-state index in [1.165, 1.54) is 0 Å². The van der Waals surface area contributed by atoms with Crippen LogP contribution in [0, 0.1) is 0 Å². The van der Waals surface area contributed by atoms with Gasteiger partial charge in [-0.25, -0.2) is 4.98 Å². The minimum Gasteiger partial charge on any atom is -0.345 e. The molecule has 0 radical (unpaired) electrons. The Morgan fingerprint density at radius 1 is 1.53 bits per heavy atom. The second-order valence-corrected chi connectivity index (χ2v) is 5.12. The second kappa shape index (κ2) is 3.32. The number of nitrogens with one attached hydrogen (secondary N) is 1. The van der Waals surface area contributed by atoms with Gasteiger partial charge in [-0.2, -0.15) is 0 Å². The fourth-order valence-electron chi connectivity index (χ4n) is 2.33. The number of fused-ring (bicyclic) bond motifs is 1. The highest BCUT2D eigenvalue weighted by atomic mass is 16.2. The van der Waals surface area contributed by atoms with E-state index in [4.69, 9.17) is 0 Å². The lowest BCUT2D eigenvalue weighted by molar-refractivity contribution is 0.0159. The number of amides is 1. The summed E-state index contributed by atoms with van der Waals surface area (Å²) in [6.45, 7) is 5.04. The summed E-state index contributed by atoms with van der Waals surface area (Å²) in [6, 6.07) is 3.78. The summed E-state index contributed by atoms with van der Waals surface area (Å²) in [7, 11) is 0. The molecule has 3 rings (SSSR count). The van der Waals surface area contributed by atoms with Crippen molar-refractivity contribution in [1.29, 1.82) is 0 Å². The first-order valence-electron chi connectivity index (χ1n) is 5.84. The van der Waals surface area contributed by atoms with Gasteiger partial charge in [-0.3, -0.25) is 4.79 Å². The molecule has 1 aliphatic rings. The minimum absolute atomic E-state index is 0.0110. The molecule has 4 nitrogen and oxygen atoms in total. The molecule has 88 valence electrons. The molecule has 1 N–H and O–H groups in total. The van der Waals surface area contributed by atoms with Crippen molar-refractivity contribution in [2.45, 2.75) is 25.8 Å². The van der Waals surface area contributed by atoms with Gasteiger partial charge in [0.15, 0.2) is 0 Å². The van der Waals surface area contributed by atoms with E-state index in [9.17, 15) is 4.79 Å². The molecule has 0 bridgehead atoms. The maximum atomic E-state index is 12.4. The third kappa shape index (κ3) is 1.44. The Kier molecular flexibility index (Phi) is 2.02. The highest BCUT2D eigenvalue weighted by molar-refractivity contribution is 6.06. The zero-order chi connectivity index (χ0) is 12.0. The van der Waals surface area contributed by atoms with Crippen molar-refractivity contribution in [3.8, 4) is 0 Å². The fraction of sp³-hybridized carbons (Fsp3) is 0.385. The number of hydrogen-bond donors (Lipinski definition) is 1. The minimum atomic E-state index is -0.0110. The topological polar surface area (TPSA) is 49.0 Å². The van der Waals surface area contributed by atoms with Gasteiger partial charge in [-0.15, -0.1) is 0 Å². The zero-order valence-corrected chi connectivity index (χ0v) is 10.0. The molecular formula is C13H15N3O. The molecule has 0 aromatic carbocycles. The predicted molar refractivity (Wildman–Crippen MR) is 65.8 cm³/mol. The van der Waals surface area contributed by atoms with Gasteiger partial charge in [-0.05, 0) is 32.4 Å². The quantitative estimate of drug-likeness (QED) is 0.814. The Morgan fingerprint density at radius 2 is 2.35 bits per heavy atom. The Bertz CT molecular complexity index is 585. The first-order chi connectivity index (χ1) is 8.09. The Hall–Kier alpha value is -1.84. The van der Waals surface area contributed by atoms with Crippen molar-refractivity contribution < 1.29 is 4.79 Å². The molecule has 1 saturated heterocycles. The number of carbonyl (C=O) groups excluding carboxylic acids is 1. The van der Waals surface area contributed by atoms with Crippen LogP contribution in [0.15, 0.2) is 24.5 Å². The van der Waals surface area contributed by atoms with Crippen molar-refractivity contribution in [2.24, 2.45) is 0 Å². The van der Waals surface area contributed by atoms with Crippen LogP contribution in [0.4, 0.5) is 0 Å². The van der Waals surface area contributed by atoms with Crippen LogP contribution in [-0.4, -0.2) is 32.9 Å². The summed E-state index contributed by atoms with van der Waals surface area (Å²) in [5.41, 5.74) is 1.48. The smallest absolute Gasteiger partial charge is 0.256 e. The number of likely N-dealkylation sites (tertiary alicyclic amines) is 1. The monoisotopic (exact) mass is 229 g/mol. The first kappa shape index (κ1) is 10.3. The van der Waals surface area contributed by atoms with E-state index in [0.29, 0.717) is 0 Å². The van der Waals surface area contributed by atoms with Gasteiger partial charge in [0.1, 0.15) is 5.65 Å². The molecule has 17 heavy (non-hydrogen) atoms. The standard InChI is InChI=1S/C13H15N3O/c1-13(2)5-7-16(13)12(17)10-8-15-11-9(10)4-3-6-14-11/h3-4,6,8H,5,7H2,1-2H3,(H,14,15). The molecule has 0 atom stereocenters. The summed E-state index contributed by atoms with van der Waals surface area (Å²) in [5.74, 6) is 0.0977. The normalized spacial score (nSPS) is 18.1. The van der Waals surface area contributed by atoms with Gasteiger partial charge in [0, 0.05) is 29.9 Å². The lowest BCUT2D eigenvalue weighted by Gasteiger charge is -2.48. The average molecular weight is 229 g/mol. The zero-order valence-electron chi connectivity index (χ0n) is 10.0. The molecule has 1 amide bonds. The van der Waals surface area contributed by atoms with Gasteiger partial charge in [-0.1, -0.05) is 0 Å². The van der Waals surface area contributed by atoms with Crippen molar-refractivity contribution in [3.63, 3.8) is 0 Å². The van der Waals surface area contributed by atoms with Gasteiger partial charge in [0.2, 0.25) is 0 Å². The van der Waals surface area contributed by atoms with Gasteiger partial charge >= 0.3 is 0 Å². The molecule has 3 heterocycles. The van der Waals surface area contributed by atoms with Crippen molar-refractivity contribution in [2.75, 3.05) is 6.54 Å².